The molecule has 0 aromatic rings. The highest BCUT2D eigenvalue weighted by molar-refractivity contribution is 5.95. The number of hydrogen-bond donors (Lipinski definition) is 0. The summed E-state index contributed by atoms with van der Waals surface area (Å²) in [5, 5.41) is 0. The lowest BCUT2D eigenvalue weighted by Gasteiger charge is -2.34. The van der Waals surface area contributed by atoms with Gasteiger partial charge in [0.05, 0.1) is 11.2 Å². The Balaban J connectivity index is 2.15. The van der Waals surface area contributed by atoms with Crippen LogP contribution in [0.25, 0.3) is 0 Å². The summed E-state index contributed by atoms with van der Waals surface area (Å²) in [4.78, 5) is 62.1. The van der Waals surface area contributed by atoms with E-state index in [1.54, 1.807) is 26.8 Å². The molecule has 2 aliphatic heterocycles. The zero-order valence-electron chi connectivity index (χ0n) is 20.2. The smallest absolute Gasteiger partial charge is 0.338 e. The summed E-state index contributed by atoms with van der Waals surface area (Å²) in [6.07, 6.45) is -1.01. The molecule has 0 amide bonds. The average molecular weight is 478 g/mol. The van der Waals surface area contributed by atoms with Gasteiger partial charge in [0.25, 0.3) is 0 Å². The van der Waals surface area contributed by atoms with Crippen molar-refractivity contribution < 1.29 is 47.7 Å². The number of epoxide rings is 1. The highest BCUT2D eigenvalue weighted by Gasteiger charge is 2.63. The lowest BCUT2D eigenvalue weighted by molar-refractivity contribution is -0.169. The fraction of sp³-hybridized carbons (Fsp3) is 0.625. The summed E-state index contributed by atoms with van der Waals surface area (Å²) in [5.74, 6) is -3.08. The molecule has 34 heavy (non-hydrogen) atoms. The highest BCUT2D eigenvalue weighted by atomic mass is 16.7. The van der Waals surface area contributed by atoms with Gasteiger partial charge >= 0.3 is 23.9 Å². The van der Waals surface area contributed by atoms with Crippen LogP contribution in [-0.2, 0) is 47.7 Å². The highest BCUT2D eigenvalue weighted by Crippen LogP contribution is 2.50. The lowest BCUT2D eigenvalue weighted by atomic mass is 9.80. The van der Waals surface area contributed by atoms with E-state index in [1.165, 1.54) is 20.8 Å². The first kappa shape index (κ1) is 25.6. The minimum Gasteiger partial charge on any atom is -0.461 e. The fourth-order valence-electron chi connectivity index (χ4n) is 4.36. The number of Topliss-reactive ketones (excluding diaryl/α,β-unsaturated/α-hetero) is 1. The molecular formula is C24H30O10. The van der Waals surface area contributed by atoms with E-state index < -0.39 is 60.0 Å². The average Bonchev–Trinajstić information content (AvgIpc) is 3.30. The fourth-order valence-corrected chi connectivity index (χ4v) is 4.36. The maximum Gasteiger partial charge on any atom is 0.338 e. The van der Waals surface area contributed by atoms with E-state index in [0.717, 1.165) is 0 Å². The van der Waals surface area contributed by atoms with Crippen molar-refractivity contribution in [1.29, 1.82) is 0 Å². The van der Waals surface area contributed by atoms with Crippen LogP contribution in [-0.4, -0.2) is 65.8 Å². The number of esters is 4. The van der Waals surface area contributed by atoms with Crippen LogP contribution < -0.4 is 0 Å². The Morgan fingerprint density at radius 2 is 1.79 bits per heavy atom. The normalized spacial score (nSPS) is 33.4. The third-order valence-electron chi connectivity index (χ3n) is 6.50. The molecule has 1 saturated carbocycles. The minimum absolute atomic E-state index is 0.00665. The van der Waals surface area contributed by atoms with Gasteiger partial charge in [-0.1, -0.05) is 6.08 Å². The molecule has 3 rings (SSSR count). The summed E-state index contributed by atoms with van der Waals surface area (Å²) in [6.45, 7) is 8.43. The van der Waals surface area contributed by atoms with Gasteiger partial charge in [0.2, 0.25) is 0 Å². The Hall–Kier alpha value is -3.01. The predicted octanol–water partition coefficient (Wildman–Crippen LogP) is 1.88. The summed E-state index contributed by atoms with van der Waals surface area (Å²) < 4.78 is 27.7. The van der Waals surface area contributed by atoms with E-state index >= 15 is 0 Å². The Kier molecular flexibility index (Phi) is 7.02. The number of ether oxygens (including phenoxy) is 5. The molecule has 0 spiro atoms. The Bertz CT molecular complexity index is 992. The van der Waals surface area contributed by atoms with Crippen LogP contribution in [0, 0.1) is 0 Å². The van der Waals surface area contributed by atoms with E-state index in [4.69, 9.17) is 23.7 Å². The predicted molar refractivity (Wildman–Crippen MR) is 115 cm³/mol. The lowest BCUT2D eigenvalue weighted by Crippen LogP contribution is -2.47. The SMILES string of the molecule is C/C=C(\C)C(=O)O[C@H]1C[C@@](C)(OC(C)=O)C(=O)CC[C@@]2(C)O[C@@H]2[C@H]2OC(=O)C(COC(C)=O)=C12. The van der Waals surface area contributed by atoms with Crippen molar-refractivity contribution in [3.8, 4) is 0 Å². The van der Waals surface area contributed by atoms with Crippen molar-refractivity contribution in [2.75, 3.05) is 6.61 Å². The molecule has 1 saturated heterocycles. The number of allylic oxidation sites excluding steroid dienone is 1. The van der Waals surface area contributed by atoms with Crippen molar-refractivity contribution in [2.45, 2.75) is 90.3 Å². The number of hydrogen-bond acceptors (Lipinski definition) is 10. The van der Waals surface area contributed by atoms with Crippen molar-refractivity contribution in [2.24, 2.45) is 0 Å². The Morgan fingerprint density at radius 3 is 2.38 bits per heavy atom. The maximum absolute atomic E-state index is 13.2. The van der Waals surface area contributed by atoms with E-state index in [1.807, 2.05) is 0 Å². The third kappa shape index (κ3) is 5.06. The zero-order chi connectivity index (χ0) is 25.4. The molecular weight excluding hydrogens is 448 g/mol. The van der Waals surface area contributed by atoms with Gasteiger partial charge in [0.15, 0.2) is 17.5 Å². The molecule has 1 aliphatic carbocycles. The molecule has 2 fully saturated rings. The van der Waals surface area contributed by atoms with Gasteiger partial charge in [-0.3, -0.25) is 14.4 Å². The molecule has 10 heteroatoms. The number of carbonyl (C=O) groups is 5. The van der Waals surface area contributed by atoms with Crippen molar-refractivity contribution in [1.82, 2.24) is 0 Å². The minimum atomic E-state index is -1.64. The Labute approximate surface area is 197 Å². The summed E-state index contributed by atoms with van der Waals surface area (Å²) in [7, 11) is 0. The second kappa shape index (κ2) is 9.32. The summed E-state index contributed by atoms with van der Waals surface area (Å²) >= 11 is 0. The standard InChI is InChI=1S/C24H30O10/c1-7-12(2)21(28)31-16-10-24(6,33-14(4)26)17(27)8-9-23(5)20(34-23)19-18(16)15(22(29)32-19)11-30-13(3)25/h7,16,19-20H,8-11H2,1-6H3/b12-7+/t16-,19-,20+,23+,24+/m0/s1. The first-order valence-corrected chi connectivity index (χ1v) is 11.1. The number of ketones is 1. The molecule has 2 heterocycles. The molecule has 0 aromatic heterocycles. The quantitative estimate of drug-likeness (QED) is 0.249. The van der Waals surface area contributed by atoms with Crippen molar-refractivity contribution in [3.05, 3.63) is 22.8 Å². The first-order valence-electron chi connectivity index (χ1n) is 11.1. The summed E-state index contributed by atoms with van der Waals surface area (Å²) in [6, 6.07) is 0. The van der Waals surface area contributed by atoms with Crippen molar-refractivity contribution >= 4 is 29.7 Å². The second-order valence-corrected chi connectivity index (χ2v) is 9.21. The molecule has 0 N–H and O–H groups in total. The maximum atomic E-state index is 13.2. The molecule has 0 unspecified atom stereocenters. The van der Waals surface area contributed by atoms with E-state index in [2.05, 4.69) is 0 Å². The topological polar surface area (TPSA) is 135 Å². The van der Waals surface area contributed by atoms with Gasteiger partial charge < -0.3 is 23.7 Å². The number of rotatable bonds is 5. The third-order valence-corrected chi connectivity index (χ3v) is 6.50. The van der Waals surface area contributed by atoms with Crippen LogP contribution in [0.2, 0.25) is 0 Å². The van der Waals surface area contributed by atoms with Crippen LogP contribution in [0.5, 0.6) is 0 Å². The molecule has 0 radical (unpaired) electrons. The van der Waals surface area contributed by atoms with Crippen LogP contribution in [0.15, 0.2) is 22.8 Å². The van der Waals surface area contributed by atoms with Crippen LogP contribution in [0.1, 0.15) is 60.8 Å². The second-order valence-electron chi connectivity index (χ2n) is 9.21. The molecule has 3 aliphatic rings. The van der Waals surface area contributed by atoms with Gasteiger partial charge in [0, 0.05) is 37.8 Å². The van der Waals surface area contributed by atoms with E-state index in [9.17, 15) is 24.0 Å². The van der Waals surface area contributed by atoms with Gasteiger partial charge in [-0.2, -0.15) is 0 Å². The number of fused-ring (bicyclic) bond motifs is 3. The molecule has 0 aromatic carbocycles. The molecule has 10 nitrogen and oxygen atoms in total. The van der Waals surface area contributed by atoms with Gasteiger partial charge in [-0.25, -0.2) is 9.59 Å². The zero-order valence-corrected chi connectivity index (χ0v) is 20.2. The van der Waals surface area contributed by atoms with Gasteiger partial charge in [0.1, 0.15) is 18.8 Å². The van der Waals surface area contributed by atoms with E-state index in [-0.39, 0.29) is 29.8 Å². The number of carbonyl (C=O) groups excluding carboxylic acids is 5. The largest absolute Gasteiger partial charge is 0.461 e. The van der Waals surface area contributed by atoms with Crippen LogP contribution in [0.4, 0.5) is 0 Å². The van der Waals surface area contributed by atoms with Gasteiger partial charge in [-0.15, -0.1) is 0 Å². The molecule has 186 valence electrons. The summed E-state index contributed by atoms with van der Waals surface area (Å²) in [5.41, 5.74) is -1.87. The molecule has 5 atom stereocenters. The van der Waals surface area contributed by atoms with Crippen molar-refractivity contribution in [3.63, 3.8) is 0 Å². The van der Waals surface area contributed by atoms with Crippen LogP contribution >= 0.6 is 0 Å². The first-order chi connectivity index (χ1) is 15.8. The van der Waals surface area contributed by atoms with E-state index in [0.29, 0.717) is 12.0 Å². The van der Waals surface area contributed by atoms with Gasteiger partial charge in [-0.05, 0) is 34.1 Å². The Morgan fingerprint density at radius 1 is 1.12 bits per heavy atom. The van der Waals surface area contributed by atoms with Crippen LogP contribution in [0.3, 0.4) is 0 Å². The molecule has 0 bridgehead atoms. The monoisotopic (exact) mass is 478 g/mol.